The van der Waals surface area contributed by atoms with Crippen molar-refractivity contribution in [2.75, 3.05) is 0 Å². The van der Waals surface area contributed by atoms with Crippen molar-refractivity contribution in [1.29, 1.82) is 0 Å². The van der Waals surface area contributed by atoms with Crippen molar-refractivity contribution in [3.63, 3.8) is 0 Å². The molecule has 2 aromatic heterocycles. The van der Waals surface area contributed by atoms with E-state index in [1.807, 2.05) is 6.07 Å². The molecular weight excluding hydrogens is 238 g/mol. The number of nitrogens with zero attached hydrogens (tertiary/aromatic N) is 1. The number of halogens is 1. The molecule has 0 spiro atoms. The van der Waals surface area contributed by atoms with E-state index >= 15 is 0 Å². The molecule has 0 N–H and O–H groups in total. The van der Waals surface area contributed by atoms with Gasteiger partial charge in [-0.15, -0.1) is 11.3 Å². The van der Waals surface area contributed by atoms with Crippen LogP contribution in [0.3, 0.4) is 0 Å². The molecule has 0 aliphatic heterocycles. The Morgan fingerprint density at radius 2 is 2.33 bits per heavy atom. The zero-order valence-electron chi connectivity index (χ0n) is 5.95. The monoisotopic (exact) mass is 241 g/mol. The number of fused-ring (bicyclic) bond motifs is 1. The van der Waals surface area contributed by atoms with Gasteiger partial charge in [0.05, 0.1) is 9.58 Å². The number of rotatable bonds is 1. The number of carbonyl (C=O) groups excluding carboxylic acids is 1. The molecule has 2 rings (SSSR count). The molecule has 0 amide bonds. The molecule has 12 heavy (non-hydrogen) atoms. The molecule has 0 saturated heterocycles. The second kappa shape index (κ2) is 2.95. The van der Waals surface area contributed by atoms with Gasteiger partial charge in [-0.1, -0.05) is 0 Å². The van der Waals surface area contributed by atoms with Crippen LogP contribution in [0.2, 0.25) is 0 Å². The molecule has 2 aromatic rings. The molecule has 0 radical (unpaired) electrons. The van der Waals surface area contributed by atoms with Crippen molar-refractivity contribution in [1.82, 2.24) is 4.98 Å². The molecule has 60 valence electrons. The van der Waals surface area contributed by atoms with Crippen LogP contribution in [0.25, 0.3) is 10.1 Å². The lowest BCUT2D eigenvalue weighted by Crippen LogP contribution is -1.70. The maximum Gasteiger partial charge on any atom is 0.160 e. The van der Waals surface area contributed by atoms with Crippen molar-refractivity contribution in [2.24, 2.45) is 0 Å². The molecule has 0 fully saturated rings. The van der Waals surface area contributed by atoms with Crippen LogP contribution in [0.4, 0.5) is 0 Å². The molecule has 2 heterocycles. The van der Waals surface area contributed by atoms with Gasteiger partial charge in [0.15, 0.2) is 6.29 Å². The van der Waals surface area contributed by atoms with Crippen molar-refractivity contribution < 1.29 is 4.79 Å². The average Bonchev–Trinajstić information content (AvgIpc) is 2.49. The number of thiophene rings is 1. The summed E-state index contributed by atoms with van der Waals surface area (Å²) in [5.74, 6) is 0. The summed E-state index contributed by atoms with van der Waals surface area (Å²) in [6.07, 6.45) is 4.35. The maximum absolute atomic E-state index is 10.5. The summed E-state index contributed by atoms with van der Waals surface area (Å²) in [7, 11) is 0. The molecule has 0 atom stereocenters. The molecule has 0 unspecified atom stereocenters. The zero-order chi connectivity index (χ0) is 8.55. The summed E-state index contributed by atoms with van der Waals surface area (Å²) in [6, 6.07) is 1.86. The molecule has 0 aromatic carbocycles. The number of aromatic nitrogens is 1. The highest BCUT2D eigenvalue weighted by Gasteiger charge is 2.03. The highest BCUT2D eigenvalue weighted by Crippen LogP contribution is 2.29. The third kappa shape index (κ3) is 1.17. The van der Waals surface area contributed by atoms with Crippen LogP contribution in [0.1, 0.15) is 9.67 Å². The van der Waals surface area contributed by atoms with E-state index in [1.165, 1.54) is 11.3 Å². The number of pyridine rings is 1. The largest absolute Gasteiger partial charge is 0.297 e. The summed E-state index contributed by atoms with van der Waals surface area (Å²) in [6.45, 7) is 0. The van der Waals surface area contributed by atoms with Crippen molar-refractivity contribution >= 4 is 43.6 Å². The summed E-state index contributed by atoms with van der Waals surface area (Å²) in [5, 5.41) is 1.05. The minimum absolute atomic E-state index is 0.735. The molecule has 0 bridgehead atoms. The quantitative estimate of drug-likeness (QED) is 0.719. The van der Waals surface area contributed by atoms with Gasteiger partial charge in [0.25, 0.3) is 0 Å². The lowest BCUT2D eigenvalue weighted by atomic mass is 10.3. The lowest BCUT2D eigenvalue weighted by Gasteiger charge is -1.89. The fourth-order valence-electron chi connectivity index (χ4n) is 1.01. The number of hydrogen-bond acceptors (Lipinski definition) is 3. The maximum atomic E-state index is 10.5. The molecule has 0 aliphatic rings. The first-order chi connectivity index (χ1) is 5.81. The zero-order valence-corrected chi connectivity index (χ0v) is 8.35. The minimum Gasteiger partial charge on any atom is -0.297 e. The smallest absolute Gasteiger partial charge is 0.160 e. The molecule has 0 saturated carbocycles. The van der Waals surface area contributed by atoms with Crippen LogP contribution in [-0.4, -0.2) is 11.3 Å². The minimum atomic E-state index is 0.735. The predicted molar refractivity (Wildman–Crippen MR) is 52.7 cm³/mol. The van der Waals surface area contributed by atoms with E-state index in [-0.39, 0.29) is 0 Å². The first-order valence-electron chi connectivity index (χ1n) is 3.29. The van der Waals surface area contributed by atoms with E-state index in [0.717, 1.165) is 25.7 Å². The highest BCUT2D eigenvalue weighted by molar-refractivity contribution is 9.10. The van der Waals surface area contributed by atoms with Crippen molar-refractivity contribution in [3.8, 4) is 0 Å². The van der Waals surface area contributed by atoms with Crippen molar-refractivity contribution in [3.05, 3.63) is 27.8 Å². The highest BCUT2D eigenvalue weighted by atomic mass is 79.9. The Morgan fingerprint density at radius 3 is 3.00 bits per heavy atom. The summed E-state index contributed by atoms with van der Waals surface area (Å²) >= 11 is 4.82. The van der Waals surface area contributed by atoms with E-state index < -0.39 is 0 Å². The van der Waals surface area contributed by atoms with Gasteiger partial charge in [0, 0.05) is 22.3 Å². The van der Waals surface area contributed by atoms with Gasteiger partial charge in [-0.3, -0.25) is 9.78 Å². The Kier molecular flexibility index (Phi) is 1.94. The predicted octanol–water partition coefficient (Wildman–Crippen LogP) is 2.87. The number of carbonyl (C=O) groups is 1. The van der Waals surface area contributed by atoms with E-state index in [0.29, 0.717) is 0 Å². The van der Waals surface area contributed by atoms with Gasteiger partial charge >= 0.3 is 0 Å². The average molecular weight is 242 g/mol. The number of hydrogen-bond donors (Lipinski definition) is 0. The Morgan fingerprint density at radius 1 is 1.50 bits per heavy atom. The third-order valence-corrected chi connectivity index (χ3v) is 3.16. The fourth-order valence-corrected chi connectivity index (χ4v) is 2.45. The Hall–Kier alpha value is -0.740. The second-order valence-electron chi connectivity index (χ2n) is 2.30. The topological polar surface area (TPSA) is 30.0 Å². The molecule has 2 nitrogen and oxygen atoms in total. The van der Waals surface area contributed by atoms with Gasteiger partial charge in [-0.2, -0.15) is 0 Å². The summed E-state index contributed by atoms with van der Waals surface area (Å²) in [5.41, 5.74) is 0. The third-order valence-electron chi connectivity index (χ3n) is 1.53. The van der Waals surface area contributed by atoms with E-state index in [4.69, 9.17) is 0 Å². The van der Waals surface area contributed by atoms with E-state index in [9.17, 15) is 4.79 Å². The van der Waals surface area contributed by atoms with Crippen LogP contribution in [0.5, 0.6) is 0 Å². The Bertz CT molecular complexity index is 438. The normalized spacial score (nSPS) is 10.4. The standard InChI is InChI=1S/C8H4BrNOS/c9-7-2-10-3-8-6(7)1-5(4-11)12-8/h1-4H. The lowest BCUT2D eigenvalue weighted by molar-refractivity contribution is 0.112. The van der Waals surface area contributed by atoms with Gasteiger partial charge in [0.1, 0.15) is 0 Å². The first kappa shape index (κ1) is 7.89. The van der Waals surface area contributed by atoms with Gasteiger partial charge in [-0.05, 0) is 22.0 Å². The van der Waals surface area contributed by atoms with Crippen LogP contribution in [-0.2, 0) is 0 Å². The van der Waals surface area contributed by atoms with Gasteiger partial charge in [0.2, 0.25) is 0 Å². The molecular formula is C8H4BrNOS. The second-order valence-corrected chi connectivity index (χ2v) is 4.27. The van der Waals surface area contributed by atoms with E-state index in [1.54, 1.807) is 12.4 Å². The van der Waals surface area contributed by atoms with Gasteiger partial charge in [-0.25, -0.2) is 0 Å². The molecule has 0 aliphatic carbocycles. The van der Waals surface area contributed by atoms with Crippen LogP contribution in [0, 0.1) is 0 Å². The SMILES string of the molecule is O=Cc1cc2c(Br)cncc2s1. The first-order valence-corrected chi connectivity index (χ1v) is 4.90. The van der Waals surface area contributed by atoms with Crippen LogP contribution in [0.15, 0.2) is 22.9 Å². The van der Waals surface area contributed by atoms with Crippen LogP contribution < -0.4 is 0 Å². The fraction of sp³-hybridized carbons (Fsp3) is 0. The summed E-state index contributed by atoms with van der Waals surface area (Å²) in [4.78, 5) is 15.2. The Balaban J connectivity index is 2.82. The van der Waals surface area contributed by atoms with Gasteiger partial charge < -0.3 is 0 Å². The summed E-state index contributed by atoms with van der Waals surface area (Å²) < 4.78 is 1.97. The Labute approximate surface area is 81.4 Å². The molecule has 4 heteroatoms. The van der Waals surface area contributed by atoms with Crippen molar-refractivity contribution in [2.45, 2.75) is 0 Å². The number of aldehydes is 1. The van der Waals surface area contributed by atoms with Crippen LogP contribution >= 0.6 is 27.3 Å². The van der Waals surface area contributed by atoms with E-state index in [2.05, 4.69) is 20.9 Å².